The molecule has 0 spiro atoms. The molecule has 88 valence electrons. The lowest BCUT2D eigenvalue weighted by Gasteiger charge is -2.07. The van der Waals surface area contributed by atoms with Gasteiger partial charge in [0, 0.05) is 12.3 Å². The van der Waals surface area contributed by atoms with Crippen LogP contribution in [0.25, 0.3) is 0 Å². The summed E-state index contributed by atoms with van der Waals surface area (Å²) in [5.74, 6) is 0.206. The molecule has 2 nitrogen and oxygen atoms in total. The molecule has 0 aliphatic carbocycles. The SMILES string of the molecule is C=CCCCOc1ccc(C(F)(F)F)cn1. The molecule has 0 aromatic carbocycles. The Hall–Kier alpha value is -1.52. The van der Waals surface area contributed by atoms with E-state index in [-0.39, 0.29) is 5.88 Å². The summed E-state index contributed by atoms with van der Waals surface area (Å²) < 4.78 is 41.7. The maximum Gasteiger partial charge on any atom is 0.417 e. The van der Waals surface area contributed by atoms with Crippen molar-refractivity contribution in [2.75, 3.05) is 6.61 Å². The van der Waals surface area contributed by atoms with Crippen LogP contribution in [-0.4, -0.2) is 11.6 Å². The largest absolute Gasteiger partial charge is 0.478 e. The molecule has 16 heavy (non-hydrogen) atoms. The molecule has 1 aromatic rings. The van der Waals surface area contributed by atoms with Crippen LogP contribution in [0.1, 0.15) is 18.4 Å². The predicted molar refractivity (Wildman–Crippen MR) is 54.2 cm³/mol. The fourth-order valence-corrected chi connectivity index (χ4v) is 1.04. The number of hydrogen-bond acceptors (Lipinski definition) is 2. The summed E-state index contributed by atoms with van der Waals surface area (Å²) in [7, 11) is 0. The van der Waals surface area contributed by atoms with Crippen LogP contribution in [0.15, 0.2) is 31.0 Å². The van der Waals surface area contributed by atoms with E-state index in [0.717, 1.165) is 25.1 Å². The molecule has 1 heterocycles. The highest BCUT2D eigenvalue weighted by Crippen LogP contribution is 2.29. The zero-order valence-electron chi connectivity index (χ0n) is 8.63. The summed E-state index contributed by atoms with van der Waals surface area (Å²) in [6.07, 6.45) is -0.256. The van der Waals surface area contributed by atoms with Crippen LogP contribution in [0.5, 0.6) is 5.88 Å². The van der Waals surface area contributed by atoms with Crippen LogP contribution in [0.2, 0.25) is 0 Å². The van der Waals surface area contributed by atoms with Crippen molar-refractivity contribution in [1.29, 1.82) is 0 Å². The van der Waals surface area contributed by atoms with E-state index in [2.05, 4.69) is 11.6 Å². The fraction of sp³-hybridized carbons (Fsp3) is 0.364. The van der Waals surface area contributed by atoms with E-state index in [1.165, 1.54) is 6.07 Å². The van der Waals surface area contributed by atoms with Gasteiger partial charge in [0.2, 0.25) is 5.88 Å². The number of alkyl halides is 3. The van der Waals surface area contributed by atoms with Crippen LogP contribution < -0.4 is 4.74 Å². The molecular formula is C11H12F3NO. The van der Waals surface area contributed by atoms with Crippen molar-refractivity contribution < 1.29 is 17.9 Å². The number of aromatic nitrogens is 1. The summed E-state index contributed by atoms with van der Waals surface area (Å²) in [6, 6.07) is 2.17. The van der Waals surface area contributed by atoms with E-state index in [1.807, 2.05) is 0 Å². The molecule has 0 aliphatic heterocycles. The topological polar surface area (TPSA) is 22.1 Å². The molecule has 0 atom stereocenters. The Morgan fingerprint density at radius 3 is 2.62 bits per heavy atom. The Kier molecular flexibility index (Phi) is 4.34. The third-order valence-corrected chi connectivity index (χ3v) is 1.87. The first kappa shape index (κ1) is 12.5. The number of unbranched alkanes of at least 4 members (excludes halogenated alkanes) is 1. The zero-order valence-corrected chi connectivity index (χ0v) is 8.63. The monoisotopic (exact) mass is 231 g/mol. The van der Waals surface area contributed by atoms with Gasteiger partial charge >= 0.3 is 6.18 Å². The van der Waals surface area contributed by atoms with E-state index < -0.39 is 11.7 Å². The second-order valence-electron chi connectivity index (χ2n) is 3.16. The second kappa shape index (κ2) is 5.53. The first-order valence-corrected chi connectivity index (χ1v) is 4.81. The number of ether oxygens (including phenoxy) is 1. The number of pyridine rings is 1. The minimum Gasteiger partial charge on any atom is -0.478 e. The van der Waals surface area contributed by atoms with Gasteiger partial charge in [-0.05, 0) is 18.9 Å². The van der Waals surface area contributed by atoms with Crippen molar-refractivity contribution in [2.45, 2.75) is 19.0 Å². The van der Waals surface area contributed by atoms with E-state index in [0.29, 0.717) is 6.61 Å². The van der Waals surface area contributed by atoms with Gasteiger partial charge in [0.25, 0.3) is 0 Å². The van der Waals surface area contributed by atoms with Gasteiger partial charge in [0.1, 0.15) is 0 Å². The Morgan fingerprint density at radius 1 is 1.38 bits per heavy atom. The molecule has 0 aliphatic rings. The van der Waals surface area contributed by atoms with Crippen LogP contribution in [0.4, 0.5) is 13.2 Å². The molecule has 0 N–H and O–H groups in total. The van der Waals surface area contributed by atoms with E-state index in [4.69, 9.17) is 4.74 Å². The Bertz CT molecular complexity index is 332. The Morgan fingerprint density at radius 2 is 2.12 bits per heavy atom. The number of rotatable bonds is 5. The molecule has 5 heteroatoms. The maximum absolute atomic E-state index is 12.2. The van der Waals surface area contributed by atoms with Crippen molar-refractivity contribution in [3.05, 3.63) is 36.5 Å². The normalized spacial score (nSPS) is 11.2. The highest BCUT2D eigenvalue weighted by molar-refractivity contribution is 5.19. The lowest BCUT2D eigenvalue weighted by atomic mass is 10.3. The van der Waals surface area contributed by atoms with Gasteiger partial charge in [-0.2, -0.15) is 13.2 Å². The number of nitrogens with zero attached hydrogens (tertiary/aromatic N) is 1. The van der Waals surface area contributed by atoms with E-state index >= 15 is 0 Å². The van der Waals surface area contributed by atoms with Gasteiger partial charge in [-0.3, -0.25) is 0 Å². The zero-order chi connectivity index (χ0) is 12.0. The highest BCUT2D eigenvalue weighted by atomic mass is 19.4. The van der Waals surface area contributed by atoms with Crippen molar-refractivity contribution in [3.8, 4) is 5.88 Å². The number of halogens is 3. The van der Waals surface area contributed by atoms with E-state index in [1.54, 1.807) is 6.08 Å². The lowest BCUT2D eigenvalue weighted by Crippen LogP contribution is -2.06. The standard InChI is InChI=1S/C11H12F3NO/c1-2-3-4-7-16-10-6-5-9(8-15-10)11(12,13)14/h2,5-6,8H,1,3-4,7H2. The van der Waals surface area contributed by atoms with Gasteiger partial charge in [0.15, 0.2) is 0 Å². The van der Waals surface area contributed by atoms with Crippen molar-refractivity contribution >= 4 is 0 Å². The van der Waals surface area contributed by atoms with Crippen LogP contribution in [0.3, 0.4) is 0 Å². The Balaban J connectivity index is 2.48. The molecule has 0 saturated heterocycles. The second-order valence-corrected chi connectivity index (χ2v) is 3.16. The smallest absolute Gasteiger partial charge is 0.417 e. The highest BCUT2D eigenvalue weighted by Gasteiger charge is 2.30. The molecular weight excluding hydrogens is 219 g/mol. The summed E-state index contributed by atoms with van der Waals surface area (Å²) in [6.45, 7) is 3.97. The minimum atomic E-state index is -4.35. The molecule has 0 unspecified atom stereocenters. The molecule has 0 saturated carbocycles. The van der Waals surface area contributed by atoms with Crippen LogP contribution in [-0.2, 0) is 6.18 Å². The first-order chi connectivity index (χ1) is 7.54. The van der Waals surface area contributed by atoms with Crippen molar-refractivity contribution in [2.24, 2.45) is 0 Å². The summed E-state index contributed by atoms with van der Waals surface area (Å²) in [4.78, 5) is 3.57. The third-order valence-electron chi connectivity index (χ3n) is 1.87. The van der Waals surface area contributed by atoms with Crippen molar-refractivity contribution in [1.82, 2.24) is 4.98 Å². The maximum atomic E-state index is 12.2. The summed E-state index contributed by atoms with van der Waals surface area (Å²) in [5, 5.41) is 0. The Labute approximate surface area is 91.8 Å². The average molecular weight is 231 g/mol. The van der Waals surface area contributed by atoms with Gasteiger partial charge in [-0.25, -0.2) is 4.98 Å². The average Bonchev–Trinajstić information content (AvgIpc) is 2.24. The number of allylic oxidation sites excluding steroid dienone is 1. The first-order valence-electron chi connectivity index (χ1n) is 4.81. The fourth-order valence-electron chi connectivity index (χ4n) is 1.04. The molecule has 0 amide bonds. The molecule has 0 fully saturated rings. The molecule has 1 aromatic heterocycles. The third kappa shape index (κ3) is 3.92. The van der Waals surface area contributed by atoms with Gasteiger partial charge in [0.05, 0.1) is 12.2 Å². The molecule has 1 rings (SSSR count). The quantitative estimate of drug-likeness (QED) is 0.572. The van der Waals surface area contributed by atoms with Gasteiger partial charge in [-0.15, -0.1) is 6.58 Å². The summed E-state index contributed by atoms with van der Waals surface area (Å²) >= 11 is 0. The van der Waals surface area contributed by atoms with Crippen LogP contribution >= 0.6 is 0 Å². The van der Waals surface area contributed by atoms with E-state index in [9.17, 15) is 13.2 Å². The molecule has 0 bridgehead atoms. The minimum absolute atomic E-state index is 0.206. The van der Waals surface area contributed by atoms with Gasteiger partial charge < -0.3 is 4.74 Å². The van der Waals surface area contributed by atoms with Gasteiger partial charge in [-0.1, -0.05) is 6.08 Å². The summed E-state index contributed by atoms with van der Waals surface area (Å²) in [5.41, 5.74) is -0.772. The van der Waals surface area contributed by atoms with Crippen LogP contribution in [0, 0.1) is 0 Å². The lowest BCUT2D eigenvalue weighted by molar-refractivity contribution is -0.137. The number of hydrogen-bond donors (Lipinski definition) is 0. The van der Waals surface area contributed by atoms with Crippen molar-refractivity contribution in [3.63, 3.8) is 0 Å². The predicted octanol–water partition coefficient (Wildman–Crippen LogP) is 3.45. The molecule has 0 radical (unpaired) electrons.